The molecular weight excluding hydrogens is 228 g/mol. The number of likely N-dealkylation sites (N-methyl/N-ethyl adjacent to an activating group) is 1. The number of ether oxygens (including phenoxy) is 1. The molecule has 0 radical (unpaired) electrons. The van der Waals surface area contributed by atoms with E-state index in [0.29, 0.717) is 6.04 Å². The van der Waals surface area contributed by atoms with Crippen LogP contribution in [0.25, 0.3) is 0 Å². The molecule has 18 heavy (non-hydrogen) atoms. The first-order chi connectivity index (χ1) is 8.72. The summed E-state index contributed by atoms with van der Waals surface area (Å²) in [7, 11) is 0. The maximum absolute atomic E-state index is 12.1. The van der Waals surface area contributed by atoms with Crippen molar-refractivity contribution in [2.45, 2.75) is 70.1 Å². The van der Waals surface area contributed by atoms with Gasteiger partial charge in [0.05, 0.1) is 6.10 Å². The molecule has 2 N–H and O–H groups in total. The molecule has 2 aliphatic rings. The molecule has 2 atom stereocenters. The number of nitrogens with two attached hydrogens (primary N) is 1. The fourth-order valence-electron chi connectivity index (χ4n) is 2.79. The summed E-state index contributed by atoms with van der Waals surface area (Å²) in [5, 5.41) is 0. The Balaban J connectivity index is 1.76. The molecule has 0 bridgehead atoms. The van der Waals surface area contributed by atoms with E-state index in [1.54, 1.807) is 0 Å². The van der Waals surface area contributed by atoms with Gasteiger partial charge in [-0.3, -0.25) is 4.79 Å². The van der Waals surface area contributed by atoms with E-state index < -0.39 is 0 Å². The number of carbonyl (C=O) groups is 1. The van der Waals surface area contributed by atoms with Crippen molar-refractivity contribution in [2.24, 2.45) is 5.73 Å². The van der Waals surface area contributed by atoms with E-state index in [2.05, 4.69) is 0 Å². The molecule has 104 valence electrons. The molecule has 4 nitrogen and oxygen atoms in total. The van der Waals surface area contributed by atoms with E-state index >= 15 is 0 Å². The monoisotopic (exact) mass is 254 g/mol. The van der Waals surface area contributed by atoms with E-state index in [4.69, 9.17) is 10.5 Å². The number of rotatable bonds is 5. The summed E-state index contributed by atoms with van der Waals surface area (Å²) in [5.41, 5.74) is 6.10. The third-order valence-electron chi connectivity index (χ3n) is 4.07. The van der Waals surface area contributed by atoms with Crippen LogP contribution in [0, 0.1) is 0 Å². The first kappa shape index (κ1) is 13.8. The molecule has 1 amide bonds. The molecule has 2 rings (SSSR count). The molecule has 0 heterocycles. The molecule has 0 aliphatic heterocycles. The van der Waals surface area contributed by atoms with Gasteiger partial charge < -0.3 is 15.4 Å². The fraction of sp³-hybridized carbons (Fsp3) is 0.929. The quantitative estimate of drug-likeness (QED) is 0.759. The Labute approximate surface area is 110 Å². The highest BCUT2D eigenvalue weighted by atomic mass is 16.5. The van der Waals surface area contributed by atoms with Crippen LogP contribution >= 0.6 is 0 Å². The van der Waals surface area contributed by atoms with E-state index in [1.165, 1.54) is 19.3 Å². The zero-order valence-corrected chi connectivity index (χ0v) is 11.4. The summed E-state index contributed by atoms with van der Waals surface area (Å²) < 4.78 is 5.78. The highest BCUT2D eigenvalue weighted by Crippen LogP contribution is 2.27. The number of hydrogen-bond donors (Lipinski definition) is 1. The van der Waals surface area contributed by atoms with Gasteiger partial charge in [0, 0.05) is 18.6 Å². The van der Waals surface area contributed by atoms with Crippen molar-refractivity contribution in [1.82, 2.24) is 4.90 Å². The maximum Gasteiger partial charge on any atom is 0.248 e. The van der Waals surface area contributed by atoms with Crippen molar-refractivity contribution in [3.63, 3.8) is 0 Å². The van der Waals surface area contributed by atoms with Crippen molar-refractivity contribution < 1.29 is 9.53 Å². The van der Waals surface area contributed by atoms with Crippen LogP contribution in [0.4, 0.5) is 0 Å². The van der Waals surface area contributed by atoms with Gasteiger partial charge in [-0.1, -0.05) is 19.3 Å². The average molecular weight is 254 g/mol. The first-order valence-electron chi connectivity index (χ1n) is 7.39. The Bertz CT molecular complexity index is 279. The summed E-state index contributed by atoms with van der Waals surface area (Å²) in [5.74, 6) is 0.136. The van der Waals surface area contributed by atoms with E-state index in [9.17, 15) is 4.79 Å². The van der Waals surface area contributed by atoms with Gasteiger partial charge in [-0.2, -0.15) is 0 Å². The summed E-state index contributed by atoms with van der Waals surface area (Å²) in [6.07, 6.45) is 8.03. The van der Waals surface area contributed by atoms with Gasteiger partial charge in [0.25, 0.3) is 0 Å². The topological polar surface area (TPSA) is 55.6 Å². The minimum atomic E-state index is 0.0781. The maximum atomic E-state index is 12.1. The zero-order chi connectivity index (χ0) is 13.0. The van der Waals surface area contributed by atoms with Crippen molar-refractivity contribution in [2.75, 3.05) is 13.2 Å². The summed E-state index contributed by atoms with van der Waals surface area (Å²) in [4.78, 5) is 14.0. The van der Waals surface area contributed by atoms with Crippen LogP contribution in [-0.2, 0) is 9.53 Å². The zero-order valence-electron chi connectivity index (χ0n) is 11.4. The van der Waals surface area contributed by atoms with Gasteiger partial charge in [-0.15, -0.1) is 0 Å². The molecule has 0 aromatic heterocycles. The van der Waals surface area contributed by atoms with Crippen LogP contribution in [0.1, 0.15) is 51.9 Å². The van der Waals surface area contributed by atoms with Gasteiger partial charge in [0.2, 0.25) is 5.91 Å². The largest absolute Gasteiger partial charge is 0.367 e. The minimum Gasteiger partial charge on any atom is -0.367 e. The lowest BCUT2D eigenvalue weighted by atomic mass is 10.1. The molecule has 2 aliphatic carbocycles. The Morgan fingerprint density at radius 1 is 1.22 bits per heavy atom. The summed E-state index contributed by atoms with van der Waals surface area (Å²) >= 11 is 0. The molecule has 2 saturated carbocycles. The molecule has 0 saturated heterocycles. The van der Waals surface area contributed by atoms with Crippen LogP contribution in [0.5, 0.6) is 0 Å². The highest BCUT2D eigenvalue weighted by Gasteiger charge is 2.32. The lowest BCUT2D eigenvalue weighted by Gasteiger charge is -2.25. The minimum absolute atomic E-state index is 0.0781. The predicted molar refractivity (Wildman–Crippen MR) is 71.2 cm³/mol. The smallest absolute Gasteiger partial charge is 0.248 e. The van der Waals surface area contributed by atoms with Crippen LogP contribution < -0.4 is 5.73 Å². The third-order valence-corrected chi connectivity index (χ3v) is 4.07. The summed E-state index contributed by atoms with van der Waals surface area (Å²) in [6.45, 7) is 3.04. The predicted octanol–water partition coefficient (Wildman–Crippen LogP) is 1.67. The Hall–Kier alpha value is -0.610. The standard InChI is InChI=1S/C14H26N2O2/c1-2-16(11-8-9-11)14(17)10-18-13-7-5-3-4-6-12(13)15/h11-13H,2-10,15H2,1H3. The summed E-state index contributed by atoms with van der Waals surface area (Å²) in [6, 6.07) is 0.588. The second-order valence-corrected chi connectivity index (χ2v) is 5.56. The molecule has 2 fully saturated rings. The first-order valence-corrected chi connectivity index (χ1v) is 7.39. The lowest BCUT2D eigenvalue weighted by Crippen LogP contribution is -2.40. The van der Waals surface area contributed by atoms with Crippen molar-refractivity contribution >= 4 is 5.91 Å². The molecule has 0 aromatic carbocycles. The number of hydrogen-bond acceptors (Lipinski definition) is 3. The second kappa shape index (κ2) is 6.53. The van der Waals surface area contributed by atoms with Gasteiger partial charge in [0.15, 0.2) is 0 Å². The van der Waals surface area contributed by atoms with E-state index in [-0.39, 0.29) is 24.7 Å². The molecule has 2 unspecified atom stereocenters. The van der Waals surface area contributed by atoms with E-state index in [0.717, 1.165) is 32.2 Å². The fourth-order valence-corrected chi connectivity index (χ4v) is 2.79. The van der Waals surface area contributed by atoms with Gasteiger partial charge in [-0.25, -0.2) is 0 Å². The van der Waals surface area contributed by atoms with Crippen LogP contribution in [0.15, 0.2) is 0 Å². The molecule has 4 heteroatoms. The third kappa shape index (κ3) is 3.69. The Morgan fingerprint density at radius 3 is 2.61 bits per heavy atom. The number of carbonyl (C=O) groups excluding carboxylic acids is 1. The Kier molecular flexibility index (Phi) is 5.01. The van der Waals surface area contributed by atoms with Crippen molar-refractivity contribution in [3.05, 3.63) is 0 Å². The van der Waals surface area contributed by atoms with Crippen molar-refractivity contribution in [1.29, 1.82) is 0 Å². The molecule has 0 spiro atoms. The number of nitrogens with zero attached hydrogens (tertiary/aromatic N) is 1. The van der Waals surface area contributed by atoms with Crippen LogP contribution in [0.2, 0.25) is 0 Å². The van der Waals surface area contributed by atoms with E-state index in [1.807, 2.05) is 11.8 Å². The number of amides is 1. The van der Waals surface area contributed by atoms with Crippen molar-refractivity contribution in [3.8, 4) is 0 Å². The molecular formula is C14H26N2O2. The lowest BCUT2D eigenvalue weighted by molar-refractivity contribution is -0.139. The van der Waals surface area contributed by atoms with Crippen LogP contribution in [0.3, 0.4) is 0 Å². The van der Waals surface area contributed by atoms with Crippen LogP contribution in [-0.4, -0.2) is 42.1 Å². The van der Waals surface area contributed by atoms with Gasteiger partial charge in [0.1, 0.15) is 6.61 Å². The van der Waals surface area contributed by atoms with Gasteiger partial charge in [-0.05, 0) is 32.6 Å². The molecule has 0 aromatic rings. The van der Waals surface area contributed by atoms with Gasteiger partial charge >= 0.3 is 0 Å². The second-order valence-electron chi connectivity index (χ2n) is 5.56. The SMILES string of the molecule is CCN(C(=O)COC1CCCCCC1N)C1CC1. The Morgan fingerprint density at radius 2 is 1.94 bits per heavy atom. The average Bonchev–Trinajstić information content (AvgIpc) is 3.17. The normalized spacial score (nSPS) is 28.8. The highest BCUT2D eigenvalue weighted by molar-refractivity contribution is 5.78.